The van der Waals surface area contributed by atoms with Gasteiger partial charge in [-0.2, -0.15) is 0 Å². The summed E-state index contributed by atoms with van der Waals surface area (Å²) in [4.78, 5) is 5.45. The molecule has 0 aliphatic heterocycles. The number of hydrogen-bond acceptors (Lipinski definition) is 3. The van der Waals surface area contributed by atoms with E-state index in [0.717, 1.165) is 16.1 Å². The van der Waals surface area contributed by atoms with Gasteiger partial charge in [0, 0.05) is 23.5 Å². The van der Waals surface area contributed by atoms with Gasteiger partial charge in [-0.25, -0.2) is 9.38 Å². The Labute approximate surface area is 142 Å². The number of thiazole rings is 1. The van der Waals surface area contributed by atoms with Crippen molar-refractivity contribution in [2.45, 2.75) is 0 Å². The van der Waals surface area contributed by atoms with Gasteiger partial charge in [0.1, 0.15) is 17.3 Å². The number of benzene rings is 2. The van der Waals surface area contributed by atoms with Gasteiger partial charge in [0.2, 0.25) is 0 Å². The summed E-state index contributed by atoms with van der Waals surface area (Å²) in [6.07, 6.45) is 0. The first-order valence-corrected chi connectivity index (χ1v) is 8.13. The van der Waals surface area contributed by atoms with Crippen LogP contribution in [0, 0.1) is 5.82 Å². The number of rotatable bonds is 3. The maximum Gasteiger partial charge on any atom is 0.190 e. The second-order valence-corrected chi connectivity index (χ2v) is 6.17. The van der Waals surface area contributed by atoms with E-state index in [1.807, 2.05) is 23.1 Å². The summed E-state index contributed by atoms with van der Waals surface area (Å²) in [6, 6.07) is 11.7. The van der Waals surface area contributed by atoms with Crippen LogP contribution in [0.25, 0.3) is 11.3 Å². The lowest BCUT2D eigenvalue weighted by Gasteiger charge is -2.05. The third-order valence-corrected chi connectivity index (χ3v) is 4.57. The molecule has 0 spiro atoms. The molecule has 1 aromatic heterocycles. The molecule has 0 radical (unpaired) electrons. The van der Waals surface area contributed by atoms with E-state index in [2.05, 4.69) is 4.99 Å². The fourth-order valence-electron chi connectivity index (χ4n) is 2.20. The number of ether oxygens (including phenoxy) is 1. The highest BCUT2D eigenvalue weighted by atomic mass is 35.5. The fraction of sp³-hybridized carbons (Fsp3) is 0.118. The van der Waals surface area contributed by atoms with Crippen LogP contribution < -0.4 is 9.54 Å². The van der Waals surface area contributed by atoms with Crippen LogP contribution in [0.4, 0.5) is 10.1 Å². The second-order valence-electron chi connectivity index (χ2n) is 4.90. The van der Waals surface area contributed by atoms with E-state index in [0.29, 0.717) is 16.5 Å². The monoisotopic (exact) mass is 348 g/mol. The highest BCUT2D eigenvalue weighted by Gasteiger charge is 2.07. The first-order valence-electron chi connectivity index (χ1n) is 6.87. The van der Waals surface area contributed by atoms with Gasteiger partial charge in [-0.15, -0.1) is 11.3 Å². The second kappa shape index (κ2) is 6.56. The lowest BCUT2D eigenvalue weighted by molar-refractivity contribution is 0.416. The Balaban J connectivity index is 2.07. The van der Waals surface area contributed by atoms with E-state index >= 15 is 0 Å². The van der Waals surface area contributed by atoms with Gasteiger partial charge in [-0.1, -0.05) is 11.6 Å². The van der Waals surface area contributed by atoms with Crippen molar-refractivity contribution in [3.8, 4) is 17.0 Å². The van der Waals surface area contributed by atoms with Crippen LogP contribution in [0.3, 0.4) is 0 Å². The lowest BCUT2D eigenvalue weighted by Crippen LogP contribution is -2.11. The third kappa shape index (κ3) is 3.30. The molecule has 0 aliphatic carbocycles. The largest absolute Gasteiger partial charge is 0.494 e. The predicted octanol–water partition coefficient (Wildman–Crippen LogP) is 4.79. The number of aromatic nitrogens is 1. The highest BCUT2D eigenvalue weighted by Crippen LogP contribution is 2.30. The molecule has 0 N–H and O–H groups in total. The molecule has 3 aromatic rings. The quantitative estimate of drug-likeness (QED) is 0.668. The Morgan fingerprint density at radius 2 is 1.91 bits per heavy atom. The maximum absolute atomic E-state index is 13.1. The van der Waals surface area contributed by atoms with Crippen molar-refractivity contribution in [2.24, 2.45) is 12.0 Å². The van der Waals surface area contributed by atoms with E-state index in [1.54, 1.807) is 31.4 Å². The van der Waals surface area contributed by atoms with Crippen molar-refractivity contribution in [1.29, 1.82) is 0 Å². The SMILES string of the molecule is COc1cc(Cl)ccc1N=c1scc(-c2ccc(F)cc2)n1C. The first-order chi connectivity index (χ1) is 11.1. The molecule has 0 aliphatic rings. The van der Waals surface area contributed by atoms with Crippen LogP contribution >= 0.6 is 22.9 Å². The van der Waals surface area contributed by atoms with Gasteiger partial charge >= 0.3 is 0 Å². The number of nitrogens with zero attached hydrogens (tertiary/aromatic N) is 2. The Morgan fingerprint density at radius 1 is 1.17 bits per heavy atom. The van der Waals surface area contributed by atoms with Crippen molar-refractivity contribution >= 4 is 28.6 Å². The normalized spacial score (nSPS) is 11.7. The van der Waals surface area contributed by atoms with Crippen LogP contribution in [0.2, 0.25) is 5.02 Å². The topological polar surface area (TPSA) is 26.5 Å². The summed E-state index contributed by atoms with van der Waals surface area (Å²) < 4.78 is 20.3. The first kappa shape index (κ1) is 15.8. The van der Waals surface area contributed by atoms with Gasteiger partial charge in [-0.05, 0) is 42.0 Å². The molecule has 0 atom stereocenters. The minimum Gasteiger partial charge on any atom is -0.494 e. The van der Waals surface area contributed by atoms with Crippen LogP contribution in [0.5, 0.6) is 5.75 Å². The summed E-state index contributed by atoms with van der Waals surface area (Å²) in [7, 11) is 3.51. The van der Waals surface area contributed by atoms with Gasteiger partial charge in [0.05, 0.1) is 12.8 Å². The van der Waals surface area contributed by atoms with Crippen LogP contribution in [-0.2, 0) is 7.05 Å². The molecule has 3 nitrogen and oxygen atoms in total. The van der Waals surface area contributed by atoms with Gasteiger partial charge < -0.3 is 9.30 Å². The average molecular weight is 349 g/mol. The van der Waals surface area contributed by atoms with Crippen molar-refractivity contribution in [3.05, 3.63) is 63.5 Å². The van der Waals surface area contributed by atoms with Gasteiger partial charge in [0.25, 0.3) is 0 Å². The molecule has 23 heavy (non-hydrogen) atoms. The third-order valence-electron chi connectivity index (χ3n) is 3.42. The van der Waals surface area contributed by atoms with Crippen molar-refractivity contribution < 1.29 is 9.13 Å². The zero-order chi connectivity index (χ0) is 16.4. The van der Waals surface area contributed by atoms with E-state index in [9.17, 15) is 4.39 Å². The fourth-order valence-corrected chi connectivity index (χ4v) is 3.28. The molecule has 0 amide bonds. The maximum atomic E-state index is 13.1. The van der Waals surface area contributed by atoms with Crippen LogP contribution in [0.1, 0.15) is 0 Å². The number of halogens is 2. The Kier molecular flexibility index (Phi) is 4.50. The van der Waals surface area contributed by atoms with Crippen LogP contribution in [-0.4, -0.2) is 11.7 Å². The molecule has 6 heteroatoms. The smallest absolute Gasteiger partial charge is 0.190 e. The van der Waals surface area contributed by atoms with E-state index in [-0.39, 0.29) is 5.82 Å². The summed E-state index contributed by atoms with van der Waals surface area (Å²) in [6.45, 7) is 0. The Morgan fingerprint density at radius 3 is 2.61 bits per heavy atom. The molecule has 3 rings (SSSR count). The lowest BCUT2D eigenvalue weighted by atomic mass is 10.2. The summed E-state index contributed by atoms with van der Waals surface area (Å²) >= 11 is 7.48. The highest BCUT2D eigenvalue weighted by molar-refractivity contribution is 7.07. The molecule has 0 saturated heterocycles. The standard InChI is InChI=1S/C17H14ClFN2OS/c1-21-15(11-3-6-13(19)7-4-11)10-23-17(21)20-14-8-5-12(18)9-16(14)22-2/h3-10H,1-2H3. The molecule has 118 valence electrons. The molecule has 2 aromatic carbocycles. The minimum atomic E-state index is -0.248. The van der Waals surface area contributed by atoms with Gasteiger partial charge in [-0.3, -0.25) is 0 Å². The number of hydrogen-bond donors (Lipinski definition) is 0. The molecule has 1 heterocycles. The molecule has 0 fully saturated rings. The molecule has 0 saturated carbocycles. The minimum absolute atomic E-state index is 0.248. The molecular formula is C17H14ClFN2OS. The van der Waals surface area contributed by atoms with E-state index < -0.39 is 0 Å². The van der Waals surface area contributed by atoms with E-state index in [4.69, 9.17) is 16.3 Å². The summed E-state index contributed by atoms with van der Waals surface area (Å²) in [5.41, 5.74) is 2.62. The zero-order valence-electron chi connectivity index (χ0n) is 12.6. The summed E-state index contributed by atoms with van der Waals surface area (Å²) in [5.74, 6) is 0.372. The molecule has 0 unspecified atom stereocenters. The Hall–Kier alpha value is -2.11. The van der Waals surface area contributed by atoms with Crippen molar-refractivity contribution in [3.63, 3.8) is 0 Å². The molecular weight excluding hydrogens is 335 g/mol. The van der Waals surface area contributed by atoms with E-state index in [1.165, 1.54) is 23.5 Å². The molecule has 0 bridgehead atoms. The predicted molar refractivity (Wildman–Crippen MR) is 91.9 cm³/mol. The van der Waals surface area contributed by atoms with Crippen molar-refractivity contribution in [2.75, 3.05) is 7.11 Å². The zero-order valence-corrected chi connectivity index (χ0v) is 14.2. The summed E-state index contributed by atoms with van der Waals surface area (Å²) in [5, 5.41) is 2.59. The Bertz CT molecular complexity index is 900. The van der Waals surface area contributed by atoms with Gasteiger partial charge in [0.15, 0.2) is 4.80 Å². The van der Waals surface area contributed by atoms with Crippen molar-refractivity contribution in [1.82, 2.24) is 4.57 Å². The average Bonchev–Trinajstić information content (AvgIpc) is 2.91. The number of methoxy groups -OCH3 is 1. The van der Waals surface area contributed by atoms with Crippen LogP contribution in [0.15, 0.2) is 52.8 Å².